The van der Waals surface area contributed by atoms with E-state index in [9.17, 15) is 18.5 Å². The number of nitro groups is 1. The molecule has 2 aromatic rings. The van der Waals surface area contributed by atoms with Crippen LogP contribution >= 0.6 is 0 Å². The highest BCUT2D eigenvalue weighted by Gasteiger charge is 2.29. The number of carboxylic acids is 1. The van der Waals surface area contributed by atoms with Crippen molar-refractivity contribution in [1.82, 2.24) is 4.31 Å². The number of rotatable bonds is 6. The smallest absolute Gasteiger partial charge is 0.369 e. The Bertz CT molecular complexity index is 983. The molecule has 0 spiro atoms. The summed E-state index contributed by atoms with van der Waals surface area (Å²) in [7, 11) is -3.70. The maximum absolute atomic E-state index is 12.9. The third-order valence-corrected chi connectivity index (χ3v) is 6.46. The number of nitro benzene ring substituents is 1. The topological polar surface area (TPSA) is 125 Å². The van der Waals surface area contributed by atoms with E-state index in [4.69, 9.17) is 9.90 Å². The molecule has 10 heteroatoms. The summed E-state index contributed by atoms with van der Waals surface area (Å²) < 4.78 is 27.2. The molecule has 0 radical (unpaired) electrons. The summed E-state index contributed by atoms with van der Waals surface area (Å²) in [6.45, 7) is 1.48. The number of hydrogen-bond acceptors (Lipinski definition) is 5. The molecule has 148 valence electrons. The lowest BCUT2D eigenvalue weighted by Gasteiger charge is -2.35. The van der Waals surface area contributed by atoms with Gasteiger partial charge in [0.15, 0.2) is 0 Å². The van der Waals surface area contributed by atoms with Gasteiger partial charge in [0.05, 0.1) is 9.82 Å². The number of aliphatic hydroxyl groups excluding tert-OH is 1. The van der Waals surface area contributed by atoms with Crippen LogP contribution in [0.15, 0.2) is 53.4 Å². The van der Waals surface area contributed by atoms with Crippen LogP contribution in [0.1, 0.15) is 5.56 Å². The fourth-order valence-electron chi connectivity index (χ4n) is 3.12. The Labute approximate surface area is 162 Å². The Balaban J connectivity index is 1.70. The van der Waals surface area contributed by atoms with Gasteiger partial charge < -0.3 is 14.8 Å². The molecule has 1 heterocycles. The summed E-state index contributed by atoms with van der Waals surface area (Å²) in [5.74, 6) is -0.772. The van der Waals surface area contributed by atoms with Gasteiger partial charge in [-0.2, -0.15) is 4.31 Å². The van der Waals surface area contributed by atoms with Crippen molar-refractivity contribution < 1.29 is 23.2 Å². The number of carboxylic acid groups (broad SMARTS) is 1. The number of sulfonamides is 1. The number of nitrogens with zero attached hydrogens (tertiary/aromatic N) is 3. The number of piperazine rings is 1. The van der Waals surface area contributed by atoms with Gasteiger partial charge in [-0.05, 0) is 29.8 Å². The van der Waals surface area contributed by atoms with Gasteiger partial charge in [-0.3, -0.25) is 10.1 Å². The van der Waals surface area contributed by atoms with Gasteiger partial charge in [0.1, 0.15) is 6.42 Å². The van der Waals surface area contributed by atoms with E-state index in [0.717, 1.165) is 5.69 Å². The van der Waals surface area contributed by atoms with Crippen LogP contribution in [0, 0.1) is 10.1 Å². The van der Waals surface area contributed by atoms with E-state index in [-0.39, 0.29) is 30.1 Å². The maximum atomic E-state index is 12.9. The van der Waals surface area contributed by atoms with Crippen molar-refractivity contribution in [2.75, 3.05) is 31.1 Å². The summed E-state index contributed by atoms with van der Waals surface area (Å²) in [5, 5.41) is 19.8. The molecular formula is C18H20N3O6S+. The molecule has 0 saturated carbocycles. The molecular weight excluding hydrogens is 386 g/mol. The van der Waals surface area contributed by atoms with Crippen molar-refractivity contribution in [2.45, 2.75) is 11.3 Å². The highest BCUT2D eigenvalue weighted by molar-refractivity contribution is 7.89. The van der Waals surface area contributed by atoms with Gasteiger partial charge in [0, 0.05) is 44.0 Å². The van der Waals surface area contributed by atoms with Gasteiger partial charge in [0.2, 0.25) is 10.0 Å². The van der Waals surface area contributed by atoms with E-state index in [2.05, 4.69) is 0 Å². The molecule has 1 aliphatic heterocycles. The predicted octanol–water partition coefficient (Wildman–Crippen LogP) is 1.71. The van der Waals surface area contributed by atoms with Crippen molar-refractivity contribution in [3.8, 4) is 0 Å². The Morgan fingerprint density at radius 3 is 2.32 bits per heavy atom. The first kappa shape index (κ1) is 19.8. The Morgan fingerprint density at radius 1 is 1.11 bits per heavy atom. The quantitative estimate of drug-likeness (QED) is 0.442. The zero-order valence-corrected chi connectivity index (χ0v) is 15.7. The minimum Gasteiger partial charge on any atom is -0.369 e. The lowest BCUT2D eigenvalue weighted by molar-refractivity contribution is -0.384. The third-order valence-electron chi connectivity index (χ3n) is 4.56. The summed E-state index contributed by atoms with van der Waals surface area (Å²) >= 11 is 0. The predicted molar refractivity (Wildman–Crippen MR) is 104 cm³/mol. The monoisotopic (exact) mass is 406 g/mol. The van der Waals surface area contributed by atoms with Crippen molar-refractivity contribution in [2.24, 2.45) is 0 Å². The van der Waals surface area contributed by atoms with Crippen LogP contribution in [0.2, 0.25) is 0 Å². The molecule has 2 aromatic carbocycles. The van der Waals surface area contributed by atoms with Crippen LogP contribution in [0.25, 0.3) is 0 Å². The molecule has 0 bridgehead atoms. The maximum Gasteiger partial charge on any atom is 0.485 e. The molecule has 1 saturated heterocycles. The normalized spacial score (nSPS) is 15.4. The Morgan fingerprint density at radius 2 is 1.75 bits per heavy atom. The van der Waals surface area contributed by atoms with Crippen LogP contribution in [0.4, 0.5) is 11.4 Å². The van der Waals surface area contributed by atoms with Crippen LogP contribution in [0.3, 0.4) is 0 Å². The third kappa shape index (κ3) is 4.29. The zero-order chi connectivity index (χ0) is 20.3. The second-order valence-corrected chi connectivity index (χ2v) is 8.34. The molecule has 9 nitrogen and oxygen atoms in total. The van der Waals surface area contributed by atoms with E-state index in [1.165, 1.54) is 28.6 Å². The highest BCUT2D eigenvalue weighted by atomic mass is 32.2. The zero-order valence-electron chi connectivity index (χ0n) is 14.9. The van der Waals surface area contributed by atoms with Crippen molar-refractivity contribution in [1.29, 1.82) is 0 Å². The van der Waals surface area contributed by atoms with E-state index in [1.807, 2.05) is 4.90 Å². The molecule has 0 aliphatic carbocycles. The molecule has 0 atom stereocenters. The summed E-state index contributed by atoms with van der Waals surface area (Å²) in [5.41, 5.74) is 1.31. The SMILES string of the molecule is O=[N+]([O-])c1ccc(N2CCN(S(=O)(=O)c3cccc(CC(O)=[OH+])c3)CC2)cc1. The molecule has 3 rings (SSSR count). The van der Waals surface area contributed by atoms with Gasteiger partial charge in [-0.15, -0.1) is 0 Å². The van der Waals surface area contributed by atoms with Crippen molar-refractivity contribution >= 4 is 27.4 Å². The van der Waals surface area contributed by atoms with Gasteiger partial charge in [0.25, 0.3) is 5.69 Å². The fourth-order valence-corrected chi connectivity index (χ4v) is 4.61. The van der Waals surface area contributed by atoms with E-state index in [1.54, 1.807) is 24.3 Å². The largest absolute Gasteiger partial charge is 0.485 e. The Kier molecular flexibility index (Phi) is 5.61. The van der Waals surface area contributed by atoms with Crippen LogP contribution < -0.4 is 4.90 Å². The van der Waals surface area contributed by atoms with Crippen molar-refractivity contribution in [3.05, 3.63) is 64.2 Å². The number of hydrogen-bond donors (Lipinski definition) is 1. The van der Waals surface area contributed by atoms with Crippen molar-refractivity contribution in [3.63, 3.8) is 0 Å². The second kappa shape index (κ2) is 7.95. The highest BCUT2D eigenvalue weighted by Crippen LogP contribution is 2.23. The fraction of sp³-hybridized carbons (Fsp3) is 0.278. The number of benzene rings is 2. The molecule has 28 heavy (non-hydrogen) atoms. The first-order valence-electron chi connectivity index (χ1n) is 8.59. The van der Waals surface area contributed by atoms with Gasteiger partial charge in [-0.1, -0.05) is 12.1 Å². The van der Waals surface area contributed by atoms with E-state index >= 15 is 0 Å². The molecule has 2 N–H and O–H groups in total. The molecule has 0 aromatic heterocycles. The molecule has 0 amide bonds. The number of aliphatic carboxylic acids is 1. The Hall–Kier alpha value is -2.98. The van der Waals surface area contributed by atoms with Crippen LogP contribution in [0.5, 0.6) is 0 Å². The van der Waals surface area contributed by atoms with E-state index < -0.39 is 20.9 Å². The van der Waals surface area contributed by atoms with Crippen LogP contribution in [-0.2, 0) is 16.4 Å². The molecule has 1 aliphatic rings. The number of non-ortho nitro benzene ring substituents is 1. The average Bonchev–Trinajstić information content (AvgIpc) is 2.68. The second-order valence-electron chi connectivity index (χ2n) is 6.41. The van der Waals surface area contributed by atoms with Gasteiger partial charge >= 0.3 is 5.97 Å². The van der Waals surface area contributed by atoms with Gasteiger partial charge in [-0.25, -0.2) is 8.42 Å². The standard InChI is InChI=1S/C18H19N3O6S/c22-18(23)13-14-2-1-3-17(12-14)28(26,27)20-10-8-19(9-11-20)15-4-6-16(7-5-15)21(24)25/h1-7,12H,8-11,13H2,(H,22,23)/p+1. The lowest BCUT2D eigenvalue weighted by Crippen LogP contribution is -2.48. The number of anilines is 1. The minimum absolute atomic E-state index is 0.0102. The van der Waals surface area contributed by atoms with Crippen LogP contribution in [-0.4, -0.2) is 59.7 Å². The average molecular weight is 406 g/mol. The summed E-state index contributed by atoms with van der Waals surface area (Å²) in [6, 6.07) is 12.3. The molecule has 1 fully saturated rings. The first-order valence-corrected chi connectivity index (χ1v) is 10.0. The first-order chi connectivity index (χ1) is 13.3. The van der Waals surface area contributed by atoms with E-state index in [0.29, 0.717) is 18.7 Å². The molecule has 0 unspecified atom stereocenters. The lowest BCUT2D eigenvalue weighted by atomic mass is 10.2. The summed E-state index contributed by atoms with van der Waals surface area (Å²) in [4.78, 5) is 21.4. The summed E-state index contributed by atoms with van der Waals surface area (Å²) in [6.07, 6.45) is -0.128. The minimum atomic E-state index is -3.70.